The van der Waals surface area contributed by atoms with Crippen LogP contribution in [0.4, 0.5) is 4.39 Å². The van der Waals surface area contributed by atoms with Gasteiger partial charge in [-0.15, -0.1) is 22.7 Å². The number of nitrogens with one attached hydrogen (secondary N) is 1. The van der Waals surface area contributed by atoms with E-state index in [2.05, 4.69) is 10.3 Å². The van der Waals surface area contributed by atoms with Crippen LogP contribution in [0.1, 0.15) is 20.2 Å². The fourth-order valence-corrected chi connectivity index (χ4v) is 4.34. The second-order valence-corrected chi connectivity index (χ2v) is 8.31. The van der Waals surface area contributed by atoms with Crippen LogP contribution >= 0.6 is 45.9 Å². The number of nitrogens with zero attached hydrogens (tertiary/aromatic N) is 1. The van der Waals surface area contributed by atoms with Gasteiger partial charge < -0.3 is 5.32 Å². The van der Waals surface area contributed by atoms with Crippen LogP contribution in [0.3, 0.4) is 0 Å². The first-order valence-electron chi connectivity index (χ1n) is 7.38. The number of rotatable bonds is 5. The number of benzene rings is 1. The number of thiazole rings is 1. The molecule has 2 aromatic heterocycles. The van der Waals surface area contributed by atoms with Crippen LogP contribution in [0.15, 0.2) is 29.6 Å². The molecule has 0 aliphatic heterocycles. The molecule has 1 N–H and O–H groups in total. The highest BCUT2D eigenvalue weighted by molar-refractivity contribution is 7.16. The van der Waals surface area contributed by atoms with Crippen molar-refractivity contribution in [2.24, 2.45) is 0 Å². The van der Waals surface area contributed by atoms with E-state index in [4.69, 9.17) is 23.2 Å². The van der Waals surface area contributed by atoms with Crippen LogP contribution in [-0.2, 0) is 6.42 Å². The van der Waals surface area contributed by atoms with Crippen LogP contribution in [0.5, 0.6) is 0 Å². The fraction of sp³-hybridized carbons (Fsp3) is 0.176. The molecule has 0 spiro atoms. The molecule has 3 aromatic rings. The number of halogens is 3. The first-order valence-corrected chi connectivity index (χ1v) is 9.83. The van der Waals surface area contributed by atoms with Crippen LogP contribution in [0.2, 0.25) is 10.0 Å². The van der Waals surface area contributed by atoms with E-state index in [9.17, 15) is 9.18 Å². The summed E-state index contributed by atoms with van der Waals surface area (Å²) in [5.74, 6) is -1.09. The third kappa shape index (κ3) is 4.39. The third-order valence-corrected chi connectivity index (χ3v) is 5.99. The van der Waals surface area contributed by atoms with Crippen LogP contribution < -0.4 is 5.32 Å². The maximum absolute atomic E-state index is 13.5. The molecular weight excluding hydrogens is 402 g/mol. The van der Waals surface area contributed by atoms with Gasteiger partial charge in [0.25, 0.3) is 5.91 Å². The number of carbonyl (C=O) groups excluding carboxylic acids is 1. The van der Waals surface area contributed by atoms with Crippen LogP contribution in [0, 0.1) is 12.7 Å². The van der Waals surface area contributed by atoms with E-state index >= 15 is 0 Å². The van der Waals surface area contributed by atoms with Crippen molar-refractivity contribution >= 4 is 51.8 Å². The minimum Gasteiger partial charge on any atom is -0.352 e. The smallest absolute Gasteiger partial charge is 0.252 e. The van der Waals surface area contributed by atoms with Gasteiger partial charge in [0.1, 0.15) is 5.82 Å². The van der Waals surface area contributed by atoms with Crippen molar-refractivity contribution in [1.82, 2.24) is 10.3 Å². The molecule has 130 valence electrons. The largest absolute Gasteiger partial charge is 0.352 e. The summed E-state index contributed by atoms with van der Waals surface area (Å²) in [6.07, 6.45) is 0.674. The molecule has 3 rings (SSSR count). The molecule has 0 saturated carbocycles. The number of aryl methyl sites for hydroxylation is 1. The van der Waals surface area contributed by atoms with Crippen LogP contribution in [0.25, 0.3) is 10.6 Å². The molecule has 1 amide bonds. The van der Waals surface area contributed by atoms with Gasteiger partial charge in [-0.2, -0.15) is 0 Å². The van der Waals surface area contributed by atoms with Gasteiger partial charge in [0.05, 0.1) is 31.2 Å². The Labute approximate surface area is 162 Å². The summed E-state index contributed by atoms with van der Waals surface area (Å²) >= 11 is 14.8. The summed E-state index contributed by atoms with van der Waals surface area (Å²) in [5.41, 5.74) is 1.06. The normalized spacial score (nSPS) is 10.9. The summed E-state index contributed by atoms with van der Waals surface area (Å²) in [7, 11) is 0. The zero-order chi connectivity index (χ0) is 18.0. The number of amides is 1. The van der Waals surface area contributed by atoms with Gasteiger partial charge in [0, 0.05) is 16.8 Å². The minimum absolute atomic E-state index is 0.0772. The molecule has 0 atom stereocenters. The molecule has 1 aromatic carbocycles. The van der Waals surface area contributed by atoms with E-state index in [0.29, 0.717) is 13.0 Å². The summed E-state index contributed by atoms with van der Waals surface area (Å²) < 4.78 is 13.5. The Morgan fingerprint density at radius 3 is 2.80 bits per heavy atom. The molecule has 25 heavy (non-hydrogen) atoms. The molecule has 8 heteroatoms. The van der Waals surface area contributed by atoms with Gasteiger partial charge in [-0.05, 0) is 37.6 Å². The van der Waals surface area contributed by atoms with Gasteiger partial charge in [0.15, 0.2) is 0 Å². The number of thiophene rings is 1. The Morgan fingerprint density at radius 2 is 2.08 bits per heavy atom. The summed E-state index contributed by atoms with van der Waals surface area (Å²) in [4.78, 5) is 18.8. The van der Waals surface area contributed by atoms with Crippen LogP contribution in [-0.4, -0.2) is 17.4 Å². The number of hydrogen-bond donors (Lipinski definition) is 1. The lowest BCUT2D eigenvalue weighted by atomic mass is 10.2. The lowest BCUT2D eigenvalue weighted by molar-refractivity contribution is 0.0954. The minimum atomic E-state index is -0.669. The van der Waals surface area contributed by atoms with Crippen molar-refractivity contribution in [3.8, 4) is 10.6 Å². The quantitative estimate of drug-likeness (QED) is 0.552. The predicted octanol–water partition coefficient (Wildman–Crippen LogP) is 5.60. The van der Waals surface area contributed by atoms with Crippen molar-refractivity contribution in [2.45, 2.75) is 13.3 Å². The summed E-state index contributed by atoms with van der Waals surface area (Å²) in [6.45, 7) is 2.40. The molecule has 3 nitrogen and oxygen atoms in total. The van der Waals surface area contributed by atoms with Gasteiger partial charge in [-0.1, -0.05) is 23.2 Å². The number of carbonyl (C=O) groups is 1. The van der Waals surface area contributed by atoms with Gasteiger partial charge >= 0.3 is 0 Å². The Bertz CT molecular complexity index is 923. The first-order chi connectivity index (χ1) is 11.9. The number of aromatic nitrogens is 1. The first kappa shape index (κ1) is 18.3. The Kier molecular flexibility index (Phi) is 5.74. The predicted molar refractivity (Wildman–Crippen MR) is 103 cm³/mol. The second-order valence-electron chi connectivity index (χ2n) is 5.27. The van der Waals surface area contributed by atoms with Crippen molar-refractivity contribution in [2.75, 3.05) is 6.54 Å². The third-order valence-electron chi connectivity index (χ3n) is 3.44. The standard InChI is InChI=1S/C17H13Cl2FN2OS2/c1-9-22-15(8-24-9)16-3-2-10(25-16)4-5-21-17(23)11-6-14(20)13(19)7-12(11)18/h2-3,6-8H,4-5H2,1H3,(H,21,23). The molecule has 0 saturated heterocycles. The topological polar surface area (TPSA) is 42.0 Å². The molecule has 0 fully saturated rings. The van der Waals surface area contributed by atoms with E-state index in [1.54, 1.807) is 22.7 Å². The van der Waals surface area contributed by atoms with Crippen molar-refractivity contribution in [1.29, 1.82) is 0 Å². The van der Waals surface area contributed by atoms with Crippen molar-refractivity contribution < 1.29 is 9.18 Å². The molecule has 0 unspecified atom stereocenters. The van der Waals surface area contributed by atoms with Gasteiger partial charge in [-0.25, -0.2) is 9.37 Å². The summed E-state index contributed by atoms with van der Waals surface area (Å²) in [5, 5.41) is 5.83. The monoisotopic (exact) mass is 414 g/mol. The molecule has 0 aliphatic rings. The second kappa shape index (κ2) is 7.83. The molecule has 0 bridgehead atoms. The molecule has 2 heterocycles. The van der Waals surface area contributed by atoms with E-state index in [-0.39, 0.29) is 15.6 Å². The zero-order valence-corrected chi connectivity index (χ0v) is 16.3. The highest BCUT2D eigenvalue weighted by Crippen LogP contribution is 2.29. The molecule has 0 aliphatic carbocycles. The lowest BCUT2D eigenvalue weighted by Crippen LogP contribution is -2.25. The van der Waals surface area contributed by atoms with E-state index < -0.39 is 11.7 Å². The SMILES string of the molecule is Cc1nc(-c2ccc(CCNC(=O)c3cc(F)c(Cl)cc3Cl)s2)cs1. The maximum Gasteiger partial charge on any atom is 0.252 e. The Morgan fingerprint density at radius 1 is 1.28 bits per heavy atom. The summed E-state index contributed by atoms with van der Waals surface area (Å²) in [6, 6.07) is 6.33. The van der Waals surface area contributed by atoms with Gasteiger partial charge in [-0.3, -0.25) is 4.79 Å². The Hall–Kier alpha value is -1.47. The fourth-order valence-electron chi connectivity index (χ4n) is 2.22. The molecular formula is C17H13Cl2FN2OS2. The highest BCUT2D eigenvalue weighted by Gasteiger charge is 2.14. The number of hydrogen-bond acceptors (Lipinski definition) is 4. The molecule has 0 radical (unpaired) electrons. The zero-order valence-electron chi connectivity index (χ0n) is 13.1. The maximum atomic E-state index is 13.5. The lowest BCUT2D eigenvalue weighted by Gasteiger charge is -2.07. The van der Waals surface area contributed by atoms with E-state index in [1.165, 1.54) is 6.07 Å². The average molecular weight is 415 g/mol. The van der Waals surface area contributed by atoms with E-state index in [1.807, 2.05) is 24.4 Å². The Balaban J connectivity index is 1.59. The van der Waals surface area contributed by atoms with Crippen molar-refractivity contribution in [3.05, 3.63) is 61.0 Å². The van der Waals surface area contributed by atoms with Crippen molar-refractivity contribution in [3.63, 3.8) is 0 Å². The van der Waals surface area contributed by atoms with E-state index in [0.717, 1.165) is 26.5 Å². The van der Waals surface area contributed by atoms with Gasteiger partial charge in [0.2, 0.25) is 0 Å². The highest BCUT2D eigenvalue weighted by atomic mass is 35.5. The average Bonchev–Trinajstić information content (AvgIpc) is 3.19.